The first kappa shape index (κ1) is 37.2. The second-order valence-electron chi connectivity index (χ2n) is 17.3. The summed E-state index contributed by atoms with van der Waals surface area (Å²) in [4.78, 5) is 11.4. The molecule has 0 saturated heterocycles. The van der Waals surface area contributed by atoms with Crippen LogP contribution in [0.5, 0.6) is 0 Å². The Labute approximate surface area is 375 Å². The first-order valence-corrected chi connectivity index (χ1v) is 22.5. The average Bonchev–Trinajstić information content (AvgIpc) is 3.91. The molecule has 1 unspecified atom stereocenters. The molecule has 12 aromatic rings. The minimum Gasteiger partial charge on any atom is -0.454 e. The van der Waals surface area contributed by atoms with Crippen molar-refractivity contribution >= 4 is 93.3 Å². The Morgan fingerprint density at radius 2 is 1.12 bits per heavy atom. The fourth-order valence-electron chi connectivity index (χ4n) is 10.3. The minimum atomic E-state index is 0.0922. The third-order valence-electron chi connectivity index (χ3n) is 13.4. The van der Waals surface area contributed by atoms with Crippen LogP contribution in [0.25, 0.3) is 98.6 Å². The van der Waals surface area contributed by atoms with Crippen molar-refractivity contribution < 1.29 is 4.42 Å². The maximum atomic E-state index is 7.10. The van der Waals surface area contributed by atoms with E-state index in [1.165, 1.54) is 43.3 Å². The second-order valence-corrected chi connectivity index (χ2v) is 17.3. The molecule has 10 aromatic carbocycles. The highest BCUT2D eigenvalue weighted by atomic mass is 16.3. The Hall–Kier alpha value is -8.34. The number of nitrogens with zero attached hydrogens (tertiary/aromatic N) is 3. The smallest absolute Gasteiger partial charge is 0.160 e. The molecule has 0 aliphatic carbocycles. The fourth-order valence-corrected chi connectivity index (χ4v) is 10.3. The van der Waals surface area contributed by atoms with E-state index >= 15 is 0 Å². The van der Waals surface area contributed by atoms with Crippen LogP contribution in [-0.4, -0.2) is 16.1 Å². The van der Waals surface area contributed by atoms with Gasteiger partial charge in [0.15, 0.2) is 11.4 Å². The van der Waals surface area contributed by atoms with Crippen LogP contribution in [0.2, 0.25) is 0 Å². The lowest BCUT2D eigenvalue weighted by Gasteiger charge is -2.20. The van der Waals surface area contributed by atoms with Crippen LogP contribution in [0.4, 0.5) is 0 Å². The molecule has 1 aliphatic heterocycles. The first-order valence-electron chi connectivity index (χ1n) is 22.5. The number of hydrogen-bond acceptors (Lipinski definition) is 3. The van der Waals surface area contributed by atoms with Gasteiger partial charge < -0.3 is 8.98 Å². The summed E-state index contributed by atoms with van der Waals surface area (Å²) in [5.41, 5.74) is 12.2. The van der Waals surface area contributed by atoms with Crippen LogP contribution in [0.15, 0.2) is 227 Å². The molecule has 0 N–H and O–H groups in total. The number of benzene rings is 10. The lowest BCUT2D eigenvalue weighted by atomic mass is 9.91. The van der Waals surface area contributed by atoms with Crippen LogP contribution in [0.3, 0.4) is 0 Å². The zero-order valence-electron chi connectivity index (χ0n) is 35.7. The molecule has 4 nitrogen and oxygen atoms in total. The number of aliphatic imine (C=N–C) groups is 2. The zero-order valence-corrected chi connectivity index (χ0v) is 35.7. The Kier molecular flexibility index (Phi) is 8.53. The minimum absolute atomic E-state index is 0.0922. The van der Waals surface area contributed by atoms with Crippen LogP contribution < -0.4 is 0 Å². The molecular formula is C61H41N3O. The van der Waals surface area contributed by atoms with Crippen LogP contribution in [0, 0.1) is 5.92 Å². The third kappa shape index (κ3) is 6.06. The standard InChI is InChI=1S/C61H41N3O/c1-38-29-32-52(48-27-14-21-40-17-7-9-24-46(40)48)62-61(63-59(38)45-23-13-22-42(35-45)39-15-3-2-4-16-39)50-31-34-54(60-58(50)49-26-11-12-28-56(49)65-60)64-53-33-30-41-18-8-10-25-47(41)57(53)51-36-43-19-5-6-20-44(43)37-55(51)64/h2-28,30-38H,29H2,1H3/b52-32+,62-61?,63-59?. The number of furan rings is 1. The number of para-hydroxylation sites is 1. The van der Waals surface area contributed by atoms with E-state index in [1.807, 2.05) is 0 Å². The van der Waals surface area contributed by atoms with Gasteiger partial charge in [-0.15, -0.1) is 0 Å². The van der Waals surface area contributed by atoms with Gasteiger partial charge in [-0.25, -0.2) is 9.98 Å². The summed E-state index contributed by atoms with van der Waals surface area (Å²) in [5, 5.41) is 11.6. The summed E-state index contributed by atoms with van der Waals surface area (Å²) in [5.74, 6) is 0.743. The molecule has 0 spiro atoms. The van der Waals surface area contributed by atoms with Crippen molar-refractivity contribution in [3.63, 3.8) is 0 Å². The Bertz CT molecular complexity index is 3990. The SMILES string of the molecule is CC1C/C=C(\c2cccc3ccccc23)N=C(c2ccc(-n3c4cc5ccccc5cc4c4c5ccccc5ccc43)c3oc4ccccc4c23)N=C1c1cccc(-c2ccccc2)c1. The quantitative estimate of drug-likeness (QED) is 0.170. The van der Waals surface area contributed by atoms with Crippen molar-refractivity contribution in [2.24, 2.45) is 15.9 Å². The van der Waals surface area contributed by atoms with Crippen molar-refractivity contribution in [2.45, 2.75) is 13.3 Å². The summed E-state index contributed by atoms with van der Waals surface area (Å²) < 4.78 is 9.50. The van der Waals surface area contributed by atoms with Crippen LogP contribution in [-0.2, 0) is 0 Å². The maximum absolute atomic E-state index is 7.10. The van der Waals surface area contributed by atoms with Crippen LogP contribution in [0.1, 0.15) is 30.0 Å². The number of amidine groups is 1. The molecule has 0 bridgehead atoms. The molecule has 0 saturated carbocycles. The third-order valence-corrected chi connectivity index (χ3v) is 13.4. The number of hydrogen-bond donors (Lipinski definition) is 0. The molecule has 13 rings (SSSR count). The molecule has 4 heteroatoms. The van der Waals surface area contributed by atoms with E-state index in [9.17, 15) is 0 Å². The average molecular weight is 832 g/mol. The van der Waals surface area contributed by atoms with E-state index in [-0.39, 0.29) is 5.92 Å². The largest absolute Gasteiger partial charge is 0.454 e. The summed E-state index contributed by atoms with van der Waals surface area (Å²) in [6, 6.07) is 73.9. The Morgan fingerprint density at radius 3 is 1.97 bits per heavy atom. The summed E-state index contributed by atoms with van der Waals surface area (Å²) in [7, 11) is 0. The van der Waals surface area contributed by atoms with Gasteiger partial charge in [0.25, 0.3) is 0 Å². The molecule has 306 valence electrons. The predicted octanol–water partition coefficient (Wildman–Crippen LogP) is 16.1. The van der Waals surface area contributed by atoms with Gasteiger partial charge in [-0.3, -0.25) is 0 Å². The number of allylic oxidation sites excluding steroid dienone is 1. The summed E-state index contributed by atoms with van der Waals surface area (Å²) in [6.07, 6.45) is 3.10. The normalized spacial score (nSPS) is 15.4. The van der Waals surface area contributed by atoms with Gasteiger partial charge in [0.2, 0.25) is 0 Å². The van der Waals surface area contributed by atoms with Crippen molar-refractivity contribution in [2.75, 3.05) is 0 Å². The molecule has 65 heavy (non-hydrogen) atoms. The van der Waals surface area contributed by atoms with Crippen molar-refractivity contribution in [1.29, 1.82) is 0 Å². The Balaban J connectivity index is 1.11. The van der Waals surface area contributed by atoms with E-state index < -0.39 is 0 Å². The first-order chi connectivity index (χ1) is 32.1. The highest BCUT2D eigenvalue weighted by molar-refractivity contribution is 6.26. The highest BCUT2D eigenvalue weighted by Crippen LogP contribution is 2.43. The lowest BCUT2D eigenvalue weighted by Crippen LogP contribution is -2.17. The number of aromatic nitrogens is 1. The van der Waals surface area contributed by atoms with Gasteiger partial charge in [0.1, 0.15) is 5.58 Å². The zero-order chi connectivity index (χ0) is 43.0. The molecule has 0 amide bonds. The molecule has 0 radical (unpaired) electrons. The number of rotatable bonds is 5. The summed E-state index contributed by atoms with van der Waals surface area (Å²) in [6.45, 7) is 2.29. The molecule has 0 fully saturated rings. The van der Waals surface area contributed by atoms with E-state index in [0.717, 1.165) is 84.1 Å². The maximum Gasteiger partial charge on any atom is 0.160 e. The number of fused-ring (bicyclic) bond motifs is 10. The predicted molar refractivity (Wildman–Crippen MR) is 274 cm³/mol. The van der Waals surface area contributed by atoms with E-state index in [2.05, 4.69) is 224 Å². The van der Waals surface area contributed by atoms with Crippen LogP contribution >= 0.6 is 0 Å². The van der Waals surface area contributed by atoms with Crippen molar-refractivity contribution in [3.8, 4) is 16.8 Å². The van der Waals surface area contributed by atoms with Gasteiger partial charge in [-0.05, 0) is 97.9 Å². The molecular weight excluding hydrogens is 791 g/mol. The molecule has 2 aromatic heterocycles. The second kappa shape index (κ2) is 14.9. The van der Waals surface area contributed by atoms with E-state index in [1.54, 1.807) is 0 Å². The fraction of sp³-hybridized carbons (Fsp3) is 0.0492. The van der Waals surface area contributed by atoms with Crippen molar-refractivity contribution in [1.82, 2.24) is 4.57 Å². The van der Waals surface area contributed by atoms with Crippen molar-refractivity contribution in [3.05, 3.63) is 229 Å². The van der Waals surface area contributed by atoms with Gasteiger partial charge in [-0.2, -0.15) is 0 Å². The Morgan fingerprint density at radius 1 is 0.462 bits per heavy atom. The molecule has 3 heterocycles. The van der Waals surface area contributed by atoms with Gasteiger partial charge in [0, 0.05) is 38.6 Å². The highest BCUT2D eigenvalue weighted by Gasteiger charge is 2.26. The molecule has 1 aliphatic rings. The summed E-state index contributed by atoms with van der Waals surface area (Å²) >= 11 is 0. The monoisotopic (exact) mass is 831 g/mol. The van der Waals surface area contributed by atoms with E-state index in [0.29, 0.717) is 5.84 Å². The van der Waals surface area contributed by atoms with Gasteiger partial charge in [-0.1, -0.05) is 177 Å². The van der Waals surface area contributed by atoms with Gasteiger partial charge >= 0.3 is 0 Å². The van der Waals surface area contributed by atoms with Gasteiger partial charge in [0.05, 0.1) is 28.1 Å². The topological polar surface area (TPSA) is 42.8 Å². The lowest BCUT2D eigenvalue weighted by molar-refractivity contribution is 0.666. The van der Waals surface area contributed by atoms with E-state index in [4.69, 9.17) is 14.4 Å². The molecule has 1 atom stereocenters.